The van der Waals surface area contributed by atoms with E-state index in [9.17, 15) is 0 Å². The van der Waals surface area contributed by atoms with Crippen LogP contribution in [0.5, 0.6) is 0 Å². The van der Waals surface area contributed by atoms with Crippen molar-refractivity contribution in [1.82, 2.24) is 18.7 Å². The quantitative estimate of drug-likeness (QED) is 0.110. The van der Waals surface area contributed by atoms with Gasteiger partial charge < -0.3 is 13.7 Å². The zero-order chi connectivity index (χ0) is 46.2. The van der Waals surface area contributed by atoms with Crippen molar-refractivity contribution >= 4 is 94.2 Å². The van der Waals surface area contributed by atoms with Gasteiger partial charge in [0.05, 0.1) is 33.1 Å². The molecule has 14 rings (SSSR count). The maximum Gasteiger partial charge on any atom is 0.179 e. The van der Waals surface area contributed by atoms with Crippen molar-refractivity contribution in [3.05, 3.63) is 267 Å². The Bertz CT molecular complexity index is 3950. The number of fused-ring (bicyclic) bond motifs is 9. The third-order valence-corrected chi connectivity index (χ3v) is 19.5. The number of hydrogen-bond donors (Lipinski definition) is 0. The van der Waals surface area contributed by atoms with E-state index >= 15 is 0 Å². The highest BCUT2D eigenvalue weighted by molar-refractivity contribution is 7.19. The Kier molecular flexibility index (Phi) is 9.19. The van der Waals surface area contributed by atoms with Crippen molar-refractivity contribution in [2.24, 2.45) is 0 Å². The first-order valence-corrected chi connectivity index (χ1v) is 26.0. The Balaban J connectivity index is 0.996. The number of benzene rings is 10. The van der Waals surface area contributed by atoms with Crippen LogP contribution in [0.15, 0.2) is 267 Å². The lowest BCUT2D eigenvalue weighted by Crippen LogP contribution is -2.74. The molecule has 0 aliphatic carbocycles. The van der Waals surface area contributed by atoms with E-state index < -0.39 is 8.07 Å². The molecule has 4 nitrogen and oxygen atoms in total. The zero-order valence-corrected chi connectivity index (χ0v) is 39.2. The fourth-order valence-electron chi connectivity index (χ4n) is 11.7. The minimum absolute atomic E-state index is 1.12. The van der Waals surface area contributed by atoms with Crippen molar-refractivity contribution in [1.29, 1.82) is 0 Å². The summed E-state index contributed by atoms with van der Waals surface area (Å²) in [4.78, 5) is 4.28. The van der Waals surface area contributed by atoms with Crippen LogP contribution in [0.3, 0.4) is 0 Å². The maximum atomic E-state index is 4.28. The van der Waals surface area contributed by atoms with Crippen LogP contribution in [0.25, 0.3) is 93.6 Å². The fourth-order valence-corrected chi connectivity index (χ4v) is 16.4. The van der Waals surface area contributed by atoms with Crippen molar-refractivity contribution < 1.29 is 0 Å². The summed E-state index contributed by atoms with van der Waals surface area (Å²) in [5.41, 5.74) is 12.9. The van der Waals surface area contributed by atoms with Crippen LogP contribution >= 0.6 is 0 Å². The number of rotatable bonds is 8. The van der Waals surface area contributed by atoms with Gasteiger partial charge in [-0.3, -0.25) is 4.98 Å². The van der Waals surface area contributed by atoms with E-state index in [-0.39, 0.29) is 0 Å². The van der Waals surface area contributed by atoms with Crippen LogP contribution in [0.4, 0.5) is 0 Å². The molecular weight excluding hydrogens is 865 g/mol. The Morgan fingerprint density at radius 1 is 0.243 bits per heavy atom. The van der Waals surface area contributed by atoms with Gasteiger partial charge in [0, 0.05) is 61.8 Å². The number of pyridine rings is 1. The second kappa shape index (κ2) is 16.1. The summed E-state index contributed by atoms with van der Waals surface area (Å²) in [6.07, 6.45) is 3.73. The van der Waals surface area contributed by atoms with Gasteiger partial charge in [-0.25, -0.2) is 0 Å². The molecule has 0 spiro atoms. The molecule has 0 aliphatic rings. The van der Waals surface area contributed by atoms with Crippen LogP contribution in [0.1, 0.15) is 0 Å². The molecule has 0 fully saturated rings. The first-order valence-electron chi connectivity index (χ1n) is 24.0. The molecule has 14 aromatic rings. The van der Waals surface area contributed by atoms with Crippen molar-refractivity contribution in [2.75, 3.05) is 0 Å². The van der Waals surface area contributed by atoms with Crippen LogP contribution in [-0.4, -0.2) is 26.8 Å². The molecule has 4 heterocycles. The molecule has 0 N–H and O–H groups in total. The van der Waals surface area contributed by atoms with Gasteiger partial charge in [0.1, 0.15) is 0 Å². The van der Waals surface area contributed by atoms with Crippen molar-refractivity contribution in [3.63, 3.8) is 0 Å². The van der Waals surface area contributed by atoms with Gasteiger partial charge in [0.15, 0.2) is 8.07 Å². The zero-order valence-electron chi connectivity index (χ0n) is 38.2. The lowest BCUT2D eigenvalue weighted by molar-refractivity contribution is 1.16. The van der Waals surface area contributed by atoms with E-state index in [1.165, 1.54) is 80.7 Å². The van der Waals surface area contributed by atoms with Gasteiger partial charge in [-0.05, 0) is 117 Å². The second-order valence-electron chi connectivity index (χ2n) is 18.3. The van der Waals surface area contributed by atoms with E-state index in [0.717, 1.165) is 33.7 Å². The maximum absolute atomic E-state index is 4.28. The van der Waals surface area contributed by atoms with Crippen LogP contribution < -0.4 is 20.7 Å². The summed E-state index contributed by atoms with van der Waals surface area (Å²) in [6.45, 7) is 0. The third kappa shape index (κ3) is 6.05. The molecule has 0 unspecified atom stereocenters. The molecule has 0 bridgehead atoms. The molecule has 70 heavy (non-hydrogen) atoms. The molecule has 0 aliphatic heterocycles. The molecule has 4 aromatic heterocycles. The molecule has 0 saturated carbocycles. The van der Waals surface area contributed by atoms with E-state index in [1.807, 2.05) is 12.4 Å². The predicted molar refractivity (Wildman–Crippen MR) is 296 cm³/mol. The number of para-hydroxylation sites is 4. The molecule has 328 valence electrons. The number of hydrogen-bond acceptors (Lipinski definition) is 1. The highest BCUT2D eigenvalue weighted by atomic mass is 28.3. The molecule has 0 saturated heterocycles. The second-order valence-corrected chi connectivity index (χ2v) is 22.1. The van der Waals surface area contributed by atoms with E-state index in [2.05, 4.69) is 273 Å². The highest BCUT2D eigenvalue weighted by Crippen LogP contribution is 2.39. The summed E-state index contributed by atoms with van der Waals surface area (Å²) < 4.78 is 7.33. The Morgan fingerprint density at radius 2 is 0.557 bits per heavy atom. The van der Waals surface area contributed by atoms with Gasteiger partial charge in [0.2, 0.25) is 0 Å². The van der Waals surface area contributed by atoms with Gasteiger partial charge in [-0.1, -0.05) is 170 Å². The number of nitrogens with zero attached hydrogens (tertiary/aromatic N) is 4. The minimum Gasteiger partial charge on any atom is -0.309 e. The Morgan fingerprint density at radius 3 is 0.986 bits per heavy atom. The number of aromatic nitrogens is 4. The lowest BCUT2D eigenvalue weighted by Gasteiger charge is -2.34. The third-order valence-electron chi connectivity index (χ3n) is 14.7. The van der Waals surface area contributed by atoms with Crippen LogP contribution in [0, 0.1) is 0 Å². The fraction of sp³-hybridized carbons (Fsp3) is 0. The van der Waals surface area contributed by atoms with Gasteiger partial charge in [0.25, 0.3) is 0 Å². The molecule has 10 aromatic carbocycles. The average Bonchev–Trinajstić information content (AvgIpc) is 4.08. The molecule has 0 amide bonds. The average molecular weight is 909 g/mol. The topological polar surface area (TPSA) is 27.7 Å². The highest BCUT2D eigenvalue weighted by Gasteiger charge is 2.41. The van der Waals surface area contributed by atoms with Crippen LogP contribution in [0.2, 0.25) is 0 Å². The predicted octanol–water partition coefficient (Wildman–Crippen LogP) is 13.4. The van der Waals surface area contributed by atoms with E-state index in [4.69, 9.17) is 0 Å². The van der Waals surface area contributed by atoms with Crippen LogP contribution in [-0.2, 0) is 0 Å². The molecular formula is C65H44N4Si. The Hall–Kier alpha value is -9.03. The van der Waals surface area contributed by atoms with Crippen molar-refractivity contribution in [2.45, 2.75) is 0 Å². The minimum atomic E-state index is -2.83. The molecule has 5 heteroatoms. The van der Waals surface area contributed by atoms with Gasteiger partial charge >= 0.3 is 0 Å². The summed E-state index contributed by atoms with van der Waals surface area (Å²) >= 11 is 0. The van der Waals surface area contributed by atoms with Gasteiger partial charge in [-0.2, -0.15) is 0 Å². The summed E-state index contributed by atoms with van der Waals surface area (Å²) in [6, 6.07) is 94.6. The standard InChI is InChI=1S/C65H44N4Si/c1-3-15-50(16-4-1)70(51-17-5-2-6-18-51,52-33-27-45(28-34-52)46-39-41-66-42-40-46)53-35-29-47(30-36-53)67-64-37-31-48(68-60-23-11-7-19-54(60)55-20-8-12-24-61(55)68)43-58(64)59-44-49(32-38-65(59)67)69-62-25-13-9-21-56(62)57-22-10-14-26-63(57)69/h1-44H. The monoisotopic (exact) mass is 908 g/mol. The smallest absolute Gasteiger partial charge is 0.179 e. The normalized spacial score (nSPS) is 12.0. The van der Waals surface area contributed by atoms with Crippen molar-refractivity contribution in [3.8, 4) is 28.2 Å². The lowest BCUT2D eigenvalue weighted by atomic mass is 10.1. The summed E-state index contributed by atoms with van der Waals surface area (Å²) in [7, 11) is -2.83. The molecule has 0 atom stereocenters. The van der Waals surface area contributed by atoms with Gasteiger partial charge in [-0.15, -0.1) is 0 Å². The van der Waals surface area contributed by atoms with E-state index in [0.29, 0.717) is 0 Å². The molecule has 0 radical (unpaired) electrons. The summed E-state index contributed by atoms with van der Waals surface area (Å²) in [5, 5.41) is 12.8. The SMILES string of the molecule is c1ccc([Si](c2ccccc2)(c2ccc(-c3ccncc3)cc2)c2ccc(-n3c4ccc(-n5c6ccccc6c6ccccc65)cc4c4cc(-n5c6ccccc6c6ccccc65)ccc43)cc2)cc1. The first-order chi connectivity index (χ1) is 34.7. The van der Waals surface area contributed by atoms with E-state index in [1.54, 1.807) is 0 Å². The Labute approximate surface area is 406 Å². The summed E-state index contributed by atoms with van der Waals surface area (Å²) in [5.74, 6) is 0. The first kappa shape index (κ1) is 40.1. The largest absolute Gasteiger partial charge is 0.309 e.